The standard InChI is InChI=1S/C16H17N3O4S/c20-19(21)15-6-1-2-7-16(15)24(22,23)18-11-13-5-3-4-12-10-17-9-8-14(12)13/h1-7,17-18H,8-11H2. The SMILES string of the molecule is O=[N+]([O-])c1ccccc1S(=O)(=O)NCc1cccc2c1CCNC2. The fourth-order valence-electron chi connectivity index (χ4n) is 2.86. The van der Waals surface area contributed by atoms with Gasteiger partial charge in [-0.05, 0) is 35.7 Å². The lowest BCUT2D eigenvalue weighted by atomic mass is 9.96. The van der Waals surface area contributed by atoms with Gasteiger partial charge in [0.15, 0.2) is 4.90 Å². The Balaban J connectivity index is 1.86. The molecular formula is C16H17N3O4S. The van der Waals surface area contributed by atoms with Crippen molar-refractivity contribution in [2.45, 2.75) is 24.4 Å². The van der Waals surface area contributed by atoms with Crippen molar-refractivity contribution in [3.8, 4) is 0 Å². The van der Waals surface area contributed by atoms with Crippen molar-refractivity contribution < 1.29 is 13.3 Å². The number of nitro benzene ring substituents is 1. The van der Waals surface area contributed by atoms with Crippen LogP contribution < -0.4 is 10.0 Å². The number of rotatable bonds is 5. The summed E-state index contributed by atoms with van der Waals surface area (Å²) in [6.45, 7) is 1.72. The Morgan fingerprint density at radius 3 is 2.75 bits per heavy atom. The number of fused-ring (bicyclic) bond motifs is 1. The van der Waals surface area contributed by atoms with E-state index >= 15 is 0 Å². The molecule has 0 spiro atoms. The van der Waals surface area contributed by atoms with Gasteiger partial charge in [-0.25, -0.2) is 13.1 Å². The van der Waals surface area contributed by atoms with Gasteiger partial charge in [0.25, 0.3) is 5.69 Å². The number of hydrogen-bond acceptors (Lipinski definition) is 5. The van der Waals surface area contributed by atoms with Crippen LogP contribution in [-0.2, 0) is 29.5 Å². The highest BCUT2D eigenvalue weighted by atomic mass is 32.2. The quantitative estimate of drug-likeness (QED) is 0.633. The molecule has 1 aliphatic rings. The van der Waals surface area contributed by atoms with Crippen molar-refractivity contribution >= 4 is 15.7 Å². The van der Waals surface area contributed by atoms with E-state index in [4.69, 9.17) is 0 Å². The van der Waals surface area contributed by atoms with Crippen LogP contribution in [0.1, 0.15) is 16.7 Å². The van der Waals surface area contributed by atoms with Crippen molar-refractivity contribution in [3.05, 3.63) is 69.3 Å². The summed E-state index contributed by atoms with van der Waals surface area (Å²) in [4.78, 5) is 10.0. The van der Waals surface area contributed by atoms with Crippen LogP contribution in [0.3, 0.4) is 0 Å². The predicted octanol–water partition coefficient (Wildman–Crippen LogP) is 1.72. The fraction of sp³-hybridized carbons (Fsp3) is 0.250. The number of sulfonamides is 1. The molecule has 0 saturated carbocycles. The first-order valence-corrected chi connectivity index (χ1v) is 9.01. The van der Waals surface area contributed by atoms with Gasteiger partial charge in [0.05, 0.1) is 4.92 Å². The zero-order chi connectivity index (χ0) is 17.2. The van der Waals surface area contributed by atoms with E-state index in [2.05, 4.69) is 10.0 Å². The van der Waals surface area contributed by atoms with Crippen LogP contribution in [0.2, 0.25) is 0 Å². The van der Waals surface area contributed by atoms with Gasteiger partial charge in [0, 0.05) is 19.2 Å². The number of benzene rings is 2. The number of nitrogens with zero attached hydrogens (tertiary/aromatic N) is 1. The molecule has 0 bridgehead atoms. The molecule has 0 aliphatic carbocycles. The summed E-state index contributed by atoms with van der Waals surface area (Å²) in [6.07, 6.45) is 0.832. The zero-order valence-electron chi connectivity index (χ0n) is 12.9. The van der Waals surface area contributed by atoms with Crippen molar-refractivity contribution in [1.82, 2.24) is 10.0 Å². The van der Waals surface area contributed by atoms with Crippen LogP contribution >= 0.6 is 0 Å². The lowest BCUT2D eigenvalue weighted by Crippen LogP contribution is -2.28. The second-order valence-electron chi connectivity index (χ2n) is 5.53. The molecule has 2 N–H and O–H groups in total. The molecule has 3 rings (SSSR count). The molecule has 7 nitrogen and oxygen atoms in total. The summed E-state index contributed by atoms with van der Waals surface area (Å²) in [5.41, 5.74) is 2.77. The lowest BCUT2D eigenvalue weighted by molar-refractivity contribution is -0.387. The van der Waals surface area contributed by atoms with Gasteiger partial charge in [-0.3, -0.25) is 10.1 Å². The molecule has 126 valence electrons. The highest BCUT2D eigenvalue weighted by molar-refractivity contribution is 7.89. The molecule has 0 amide bonds. The average molecular weight is 347 g/mol. The zero-order valence-corrected chi connectivity index (χ0v) is 13.7. The maximum absolute atomic E-state index is 12.5. The van der Waals surface area contributed by atoms with E-state index < -0.39 is 20.6 Å². The number of nitrogens with one attached hydrogen (secondary N) is 2. The van der Waals surface area contributed by atoms with Crippen LogP contribution in [0.4, 0.5) is 5.69 Å². The first-order chi connectivity index (χ1) is 11.5. The van der Waals surface area contributed by atoms with E-state index in [0.29, 0.717) is 0 Å². The Labute approximate surface area is 139 Å². The monoisotopic (exact) mass is 347 g/mol. The largest absolute Gasteiger partial charge is 0.312 e. The van der Waals surface area contributed by atoms with E-state index in [9.17, 15) is 18.5 Å². The van der Waals surface area contributed by atoms with Crippen molar-refractivity contribution in [2.24, 2.45) is 0 Å². The number of nitro groups is 1. The maximum Gasteiger partial charge on any atom is 0.289 e. The minimum atomic E-state index is -3.97. The molecule has 2 aromatic rings. The topological polar surface area (TPSA) is 101 Å². The summed E-state index contributed by atoms with van der Waals surface area (Å²) >= 11 is 0. The third-order valence-electron chi connectivity index (χ3n) is 4.04. The van der Waals surface area contributed by atoms with Gasteiger partial charge in [-0.15, -0.1) is 0 Å². The summed E-state index contributed by atoms with van der Waals surface area (Å²) in [5, 5.41) is 14.3. The van der Waals surface area contributed by atoms with Crippen molar-refractivity contribution in [3.63, 3.8) is 0 Å². The molecule has 0 saturated heterocycles. The molecule has 2 aromatic carbocycles. The van der Waals surface area contributed by atoms with E-state index in [1.54, 1.807) is 0 Å². The normalized spacial score (nSPS) is 14.2. The first kappa shape index (κ1) is 16.6. The van der Waals surface area contributed by atoms with E-state index in [-0.39, 0.29) is 11.4 Å². The fourth-order valence-corrected chi connectivity index (χ4v) is 4.04. The molecule has 0 radical (unpaired) electrons. The third kappa shape index (κ3) is 3.30. The van der Waals surface area contributed by atoms with Crippen LogP contribution in [0, 0.1) is 10.1 Å². The molecule has 1 aliphatic heterocycles. The molecule has 0 atom stereocenters. The summed E-state index contributed by atoms with van der Waals surface area (Å²) in [7, 11) is -3.97. The molecule has 24 heavy (non-hydrogen) atoms. The highest BCUT2D eigenvalue weighted by Gasteiger charge is 2.25. The van der Waals surface area contributed by atoms with Gasteiger partial charge in [-0.1, -0.05) is 30.3 Å². The Hall–Kier alpha value is -2.29. The van der Waals surface area contributed by atoms with E-state index in [1.807, 2.05) is 18.2 Å². The lowest BCUT2D eigenvalue weighted by Gasteiger charge is -2.20. The van der Waals surface area contributed by atoms with E-state index in [1.165, 1.54) is 24.3 Å². The summed E-state index contributed by atoms with van der Waals surface area (Å²) < 4.78 is 27.4. The van der Waals surface area contributed by atoms with Crippen LogP contribution in [0.5, 0.6) is 0 Å². The number of para-hydroxylation sites is 1. The summed E-state index contributed by atoms with van der Waals surface area (Å²) in [5.74, 6) is 0. The molecule has 0 aromatic heterocycles. The van der Waals surface area contributed by atoms with Crippen LogP contribution in [0.25, 0.3) is 0 Å². The van der Waals surface area contributed by atoms with Gasteiger partial charge < -0.3 is 5.32 Å². The minimum absolute atomic E-state index is 0.109. The Morgan fingerprint density at radius 1 is 1.17 bits per heavy atom. The Kier molecular flexibility index (Phi) is 4.61. The molecular weight excluding hydrogens is 330 g/mol. The van der Waals surface area contributed by atoms with Crippen LogP contribution in [-0.4, -0.2) is 19.9 Å². The predicted molar refractivity (Wildman–Crippen MR) is 89.0 cm³/mol. The van der Waals surface area contributed by atoms with Gasteiger partial charge in [-0.2, -0.15) is 0 Å². The van der Waals surface area contributed by atoms with Crippen molar-refractivity contribution in [1.29, 1.82) is 0 Å². The Bertz CT molecular complexity index is 881. The average Bonchev–Trinajstić information content (AvgIpc) is 2.60. The molecule has 0 unspecified atom stereocenters. The van der Waals surface area contributed by atoms with E-state index in [0.717, 1.165) is 36.2 Å². The molecule has 1 heterocycles. The van der Waals surface area contributed by atoms with Crippen LogP contribution in [0.15, 0.2) is 47.4 Å². The van der Waals surface area contributed by atoms with Gasteiger partial charge in [0.2, 0.25) is 10.0 Å². The van der Waals surface area contributed by atoms with Gasteiger partial charge in [0.1, 0.15) is 0 Å². The second kappa shape index (κ2) is 6.68. The van der Waals surface area contributed by atoms with Gasteiger partial charge >= 0.3 is 0 Å². The maximum atomic E-state index is 12.5. The second-order valence-corrected chi connectivity index (χ2v) is 7.27. The first-order valence-electron chi connectivity index (χ1n) is 7.52. The highest BCUT2D eigenvalue weighted by Crippen LogP contribution is 2.24. The smallest absolute Gasteiger partial charge is 0.289 e. The summed E-state index contributed by atoms with van der Waals surface area (Å²) in [6, 6.07) is 11.1. The third-order valence-corrected chi connectivity index (χ3v) is 5.49. The molecule has 0 fully saturated rings. The minimum Gasteiger partial charge on any atom is -0.312 e. The number of hydrogen-bond donors (Lipinski definition) is 2. The Morgan fingerprint density at radius 2 is 1.96 bits per heavy atom. The molecule has 8 heteroatoms. The van der Waals surface area contributed by atoms with Crippen molar-refractivity contribution in [2.75, 3.05) is 6.54 Å².